The quantitative estimate of drug-likeness (QED) is 0.460. The van der Waals surface area contributed by atoms with E-state index in [1.54, 1.807) is 0 Å². The third-order valence-corrected chi connectivity index (χ3v) is 6.33. The number of hydrogen-bond donors (Lipinski definition) is 4. The van der Waals surface area contributed by atoms with Gasteiger partial charge in [-0.05, 0) is 29.6 Å². The van der Waals surface area contributed by atoms with Crippen LogP contribution in [-0.2, 0) is 27.1 Å². The largest absolute Gasteiger partial charge is 0.416 e. The van der Waals surface area contributed by atoms with Crippen LogP contribution in [0.25, 0.3) is 0 Å². The molecule has 1 aromatic heterocycles. The second-order valence-electron chi connectivity index (χ2n) is 7.01. The number of carbonyl (C=O) groups excluding carboxylic acids is 3. The molecule has 1 saturated heterocycles. The molecule has 2 unspecified atom stereocenters. The highest BCUT2D eigenvalue weighted by atomic mass is 32.2. The topological polar surface area (TPSA) is 99.3 Å². The molecule has 4 N–H and O–H groups in total. The molecule has 3 amide bonds. The number of benzene rings is 1. The molecule has 1 aliphatic heterocycles. The maximum absolute atomic E-state index is 12.8. The zero-order valence-electron chi connectivity index (χ0n) is 16.7. The summed E-state index contributed by atoms with van der Waals surface area (Å²) in [6, 6.07) is 7.76. The van der Waals surface area contributed by atoms with E-state index in [0.717, 1.165) is 28.8 Å². The molecule has 7 nitrogen and oxygen atoms in total. The Kier molecular flexibility index (Phi) is 8.15. The number of thioether (sulfide) groups is 1. The number of anilines is 1. The molecular formula is C20H21F3N4O3S2. The molecule has 0 radical (unpaired) electrons. The van der Waals surface area contributed by atoms with Crippen molar-refractivity contribution in [1.29, 1.82) is 0 Å². The molecule has 1 fully saturated rings. The first-order valence-corrected chi connectivity index (χ1v) is 11.5. The van der Waals surface area contributed by atoms with E-state index in [0.29, 0.717) is 6.54 Å². The molecule has 2 atom stereocenters. The van der Waals surface area contributed by atoms with Crippen LogP contribution >= 0.6 is 23.1 Å². The summed E-state index contributed by atoms with van der Waals surface area (Å²) in [6.07, 6.45) is -4.27. The molecule has 12 heteroatoms. The van der Waals surface area contributed by atoms with Crippen molar-refractivity contribution in [2.45, 2.75) is 37.1 Å². The van der Waals surface area contributed by atoms with Crippen molar-refractivity contribution in [3.05, 3.63) is 52.2 Å². The Balaban J connectivity index is 1.44. The van der Waals surface area contributed by atoms with Gasteiger partial charge in [0.2, 0.25) is 17.7 Å². The van der Waals surface area contributed by atoms with Crippen LogP contribution in [0, 0.1) is 0 Å². The van der Waals surface area contributed by atoms with Gasteiger partial charge in [0.05, 0.1) is 17.9 Å². The van der Waals surface area contributed by atoms with Crippen LogP contribution in [0.4, 0.5) is 18.9 Å². The molecule has 0 saturated carbocycles. The lowest BCUT2D eigenvalue weighted by Gasteiger charge is -2.30. The van der Waals surface area contributed by atoms with Gasteiger partial charge < -0.3 is 16.0 Å². The summed E-state index contributed by atoms with van der Waals surface area (Å²) in [7, 11) is 0. The average Bonchev–Trinajstić information content (AvgIpc) is 3.24. The van der Waals surface area contributed by atoms with Crippen LogP contribution in [0.3, 0.4) is 0 Å². The second-order valence-corrected chi connectivity index (χ2v) is 9.14. The van der Waals surface area contributed by atoms with Crippen molar-refractivity contribution in [2.75, 3.05) is 11.1 Å². The van der Waals surface area contributed by atoms with E-state index in [1.165, 1.54) is 23.5 Å². The van der Waals surface area contributed by atoms with Crippen LogP contribution in [0.1, 0.15) is 23.3 Å². The fourth-order valence-corrected chi connectivity index (χ4v) is 4.53. The van der Waals surface area contributed by atoms with Gasteiger partial charge in [0.1, 0.15) is 5.50 Å². The van der Waals surface area contributed by atoms with E-state index in [4.69, 9.17) is 0 Å². The Morgan fingerprint density at radius 2 is 2.00 bits per heavy atom. The van der Waals surface area contributed by atoms with E-state index in [-0.39, 0.29) is 36.1 Å². The van der Waals surface area contributed by atoms with Crippen LogP contribution in [0.5, 0.6) is 0 Å². The van der Waals surface area contributed by atoms with E-state index < -0.39 is 29.2 Å². The zero-order chi connectivity index (χ0) is 23.1. The van der Waals surface area contributed by atoms with Gasteiger partial charge in [-0.1, -0.05) is 12.1 Å². The third kappa shape index (κ3) is 7.53. The summed E-state index contributed by atoms with van der Waals surface area (Å²) in [6.45, 7) is 0.420. The van der Waals surface area contributed by atoms with Crippen molar-refractivity contribution in [2.24, 2.45) is 0 Å². The standard InChI is InChI=1S/C20H21F3N4O3S2/c21-20(22,23)12-3-1-4-13(7-12)25-18(30)11-32-19-26-14(9-17(29)27-19)8-16(28)24-10-15-5-2-6-31-15/h1-7,14,19,26H,8-11H2,(H,24,28)(H,25,30)(H,27,29). The molecular weight excluding hydrogens is 465 g/mol. The molecule has 0 spiro atoms. The SMILES string of the molecule is O=C(CC1CC(=O)NC(SCC(=O)Nc2cccc(C(F)(F)F)c2)N1)NCc1cccs1. The molecule has 3 rings (SSSR count). The van der Waals surface area contributed by atoms with Gasteiger partial charge in [0.25, 0.3) is 0 Å². The normalized spacial score (nSPS) is 18.7. The Morgan fingerprint density at radius 3 is 2.72 bits per heavy atom. The molecule has 1 aromatic carbocycles. The lowest BCUT2D eigenvalue weighted by molar-refractivity contribution is -0.137. The smallest absolute Gasteiger partial charge is 0.351 e. The molecule has 0 aliphatic carbocycles. The first-order chi connectivity index (χ1) is 15.2. The van der Waals surface area contributed by atoms with Crippen molar-refractivity contribution in [3.8, 4) is 0 Å². The van der Waals surface area contributed by atoms with Crippen molar-refractivity contribution < 1.29 is 27.6 Å². The maximum Gasteiger partial charge on any atom is 0.416 e. The minimum Gasteiger partial charge on any atom is -0.351 e. The molecule has 2 heterocycles. The summed E-state index contributed by atoms with van der Waals surface area (Å²) in [5, 5.41) is 12.9. The molecule has 2 aromatic rings. The predicted molar refractivity (Wildman–Crippen MR) is 117 cm³/mol. The Bertz CT molecular complexity index is 954. The van der Waals surface area contributed by atoms with Crippen LogP contribution in [-0.4, -0.2) is 35.0 Å². The lowest BCUT2D eigenvalue weighted by Crippen LogP contribution is -2.56. The molecule has 172 valence electrons. The highest BCUT2D eigenvalue weighted by Gasteiger charge is 2.31. The molecule has 1 aliphatic rings. The van der Waals surface area contributed by atoms with E-state index >= 15 is 0 Å². The summed E-state index contributed by atoms with van der Waals surface area (Å²) in [4.78, 5) is 37.3. The number of hydrogen-bond acceptors (Lipinski definition) is 6. The monoisotopic (exact) mass is 486 g/mol. The summed E-state index contributed by atoms with van der Waals surface area (Å²) >= 11 is 2.61. The summed E-state index contributed by atoms with van der Waals surface area (Å²) in [5.74, 6) is -1.07. The number of amides is 3. The van der Waals surface area contributed by atoms with Crippen molar-refractivity contribution in [3.63, 3.8) is 0 Å². The van der Waals surface area contributed by atoms with Gasteiger partial charge in [0, 0.05) is 29.4 Å². The number of alkyl halides is 3. The number of rotatable bonds is 8. The van der Waals surface area contributed by atoms with Gasteiger partial charge in [-0.3, -0.25) is 19.7 Å². The van der Waals surface area contributed by atoms with Gasteiger partial charge in [-0.15, -0.1) is 23.1 Å². The van der Waals surface area contributed by atoms with Crippen molar-refractivity contribution in [1.82, 2.24) is 16.0 Å². The predicted octanol–water partition coefficient (Wildman–Crippen LogP) is 2.91. The first kappa shape index (κ1) is 24.1. The average molecular weight is 487 g/mol. The molecule has 32 heavy (non-hydrogen) atoms. The summed E-state index contributed by atoms with van der Waals surface area (Å²) < 4.78 is 38.4. The number of nitrogens with one attached hydrogen (secondary N) is 4. The highest BCUT2D eigenvalue weighted by Crippen LogP contribution is 2.30. The fraction of sp³-hybridized carbons (Fsp3) is 0.350. The minimum absolute atomic E-state index is 0.0337. The Morgan fingerprint density at radius 1 is 1.19 bits per heavy atom. The van der Waals surface area contributed by atoms with E-state index in [1.807, 2.05) is 17.5 Å². The first-order valence-electron chi connectivity index (χ1n) is 9.62. The Hall–Kier alpha value is -2.57. The lowest BCUT2D eigenvalue weighted by atomic mass is 10.1. The third-order valence-electron chi connectivity index (χ3n) is 4.44. The van der Waals surface area contributed by atoms with Crippen LogP contribution < -0.4 is 21.3 Å². The fourth-order valence-electron chi connectivity index (χ4n) is 2.99. The maximum atomic E-state index is 12.8. The molecule has 0 bridgehead atoms. The van der Waals surface area contributed by atoms with Crippen LogP contribution in [0.15, 0.2) is 41.8 Å². The number of halogens is 3. The van der Waals surface area contributed by atoms with E-state index in [9.17, 15) is 27.6 Å². The second kappa shape index (κ2) is 10.8. The highest BCUT2D eigenvalue weighted by molar-refractivity contribution is 8.00. The summed E-state index contributed by atoms with van der Waals surface area (Å²) in [5.41, 5.74) is -1.42. The van der Waals surface area contributed by atoms with Gasteiger partial charge in [-0.2, -0.15) is 13.2 Å². The number of carbonyl (C=O) groups is 3. The van der Waals surface area contributed by atoms with E-state index in [2.05, 4.69) is 21.3 Å². The number of thiophene rings is 1. The Labute approximate surface area is 190 Å². The van der Waals surface area contributed by atoms with Gasteiger partial charge in [-0.25, -0.2) is 0 Å². The zero-order valence-corrected chi connectivity index (χ0v) is 18.3. The minimum atomic E-state index is -4.50. The van der Waals surface area contributed by atoms with Crippen molar-refractivity contribution >= 4 is 46.5 Å². The van der Waals surface area contributed by atoms with Crippen LogP contribution in [0.2, 0.25) is 0 Å². The van der Waals surface area contributed by atoms with Gasteiger partial charge in [0.15, 0.2) is 0 Å². The van der Waals surface area contributed by atoms with Gasteiger partial charge >= 0.3 is 6.18 Å².